The highest BCUT2D eigenvalue weighted by Gasteiger charge is 2.18. The van der Waals surface area contributed by atoms with Gasteiger partial charge in [-0.3, -0.25) is 4.90 Å². The molecule has 1 aliphatic heterocycles. The number of rotatable bonds is 2. The molecule has 0 aliphatic carbocycles. The van der Waals surface area contributed by atoms with Gasteiger partial charge in [0.15, 0.2) is 0 Å². The van der Waals surface area contributed by atoms with Crippen molar-refractivity contribution in [2.45, 2.75) is 19.5 Å². The van der Waals surface area contributed by atoms with Crippen molar-refractivity contribution in [2.75, 3.05) is 12.3 Å². The van der Waals surface area contributed by atoms with Gasteiger partial charge in [-0.05, 0) is 41.3 Å². The summed E-state index contributed by atoms with van der Waals surface area (Å²) in [7, 11) is 0. The average Bonchev–Trinajstić information content (AvgIpc) is 2.37. The van der Waals surface area contributed by atoms with Crippen LogP contribution in [-0.2, 0) is 19.5 Å². The Hall–Kier alpha value is -1.94. The molecule has 4 heteroatoms. The SMILES string of the molecule is Nc1cccc2c1CCN(Cc1cc(F)cc(F)c1)C2. The minimum Gasteiger partial charge on any atom is -0.398 e. The fraction of sp³-hybridized carbons (Fsp3) is 0.250. The summed E-state index contributed by atoms with van der Waals surface area (Å²) in [5.41, 5.74) is 9.86. The van der Waals surface area contributed by atoms with E-state index >= 15 is 0 Å². The van der Waals surface area contributed by atoms with Gasteiger partial charge in [-0.15, -0.1) is 0 Å². The van der Waals surface area contributed by atoms with Crippen molar-refractivity contribution in [1.82, 2.24) is 4.90 Å². The van der Waals surface area contributed by atoms with E-state index in [2.05, 4.69) is 11.0 Å². The molecule has 2 aromatic carbocycles. The number of benzene rings is 2. The van der Waals surface area contributed by atoms with Crippen LogP contribution in [-0.4, -0.2) is 11.4 Å². The van der Waals surface area contributed by atoms with Crippen LogP contribution in [0, 0.1) is 11.6 Å². The van der Waals surface area contributed by atoms with Crippen molar-refractivity contribution in [1.29, 1.82) is 0 Å². The zero-order valence-electron chi connectivity index (χ0n) is 11.1. The van der Waals surface area contributed by atoms with Gasteiger partial charge in [-0.2, -0.15) is 0 Å². The summed E-state index contributed by atoms with van der Waals surface area (Å²) in [5, 5.41) is 0. The molecule has 0 amide bonds. The van der Waals surface area contributed by atoms with Crippen LogP contribution in [0.15, 0.2) is 36.4 Å². The Labute approximate surface area is 116 Å². The monoisotopic (exact) mass is 274 g/mol. The molecule has 2 N–H and O–H groups in total. The lowest BCUT2D eigenvalue weighted by molar-refractivity contribution is 0.245. The van der Waals surface area contributed by atoms with Gasteiger partial charge >= 0.3 is 0 Å². The molecule has 0 aromatic heterocycles. The predicted octanol–water partition coefficient (Wildman–Crippen LogP) is 3.11. The van der Waals surface area contributed by atoms with E-state index in [1.165, 1.54) is 23.3 Å². The average molecular weight is 274 g/mol. The van der Waals surface area contributed by atoms with Gasteiger partial charge in [0.1, 0.15) is 11.6 Å². The van der Waals surface area contributed by atoms with Crippen LogP contribution in [0.25, 0.3) is 0 Å². The molecule has 0 spiro atoms. The van der Waals surface area contributed by atoms with Crippen LogP contribution in [0.5, 0.6) is 0 Å². The van der Waals surface area contributed by atoms with E-state index in [-0.39, 0.29) is 0 Å². The minimum atomic E-state index is -0.526. The van der Waals surface area contributed by atoms with Crippen LogP contribution in [0.4, 0.5) is 14.5 Å². The highest BCUT2D eigenvalue weighted by Crippen LogP contribution is 2.25. The highest BCUT2D eigenvalue weighted by molar-refractivity contribution is 5.51. The van der Waals surface area contributed by atoms with E-state index < -0.39 is 11.6 Å². The van der Waals surface area contributed by atoms with E-state index in [1.54, 1.807) is 0 Å². The zero-order chi connectivity index (χ0) is 14.1. The summed E-state index contributed by atoms with van der Waals surface area (Å²) in [6.07, 6.45) is 0.875. The van der Waals surface area contributed by atoms with E-state index in [0.717, 1.165) is 31.3 Å². The molecule has 0 unspecified atom stereocenters. The van der Waals surface area contributed by atoms with Crippen molar-refractivity contribution in [2.24, 2.45) is 0 Å². The second-order valence-corrected chi connectivity index (χ2v) is 5.22. The molecule has 0 saturated carbocycles. The maximum absolute atomic E-state index is 13.2. The third-order valence-corrected chi connectivity index (χ3v) is 3.71. The Morgan fingerprint density at radius 2 is 1.85 bits per heavy atom. The number of nitrogens with zero attached hydrogens (tertiary/aromatic N) is 1. The summed E-state index contributed by atoms with van der Waals surface area (Å²) >= 11 is 0. The Kier molecular flexibility index (Phi) is 3.40. The molecule has 3 rings (SSSR count). The first-order valence-electron chi connectivity index (χ1n) is 6.65. The molecular weight excluding hydrogens is 258 g/mol. The van der Waals surface area contributed by atoms with E-state index in [4.69, 9.17) is 5.73 Å². The summed E-state index contributed by atoms with van der Waals surface area (Å²) in [5.74, 6) is -1.05. The molecule has 1 aliphatic rings. The lowest BCUT2D eigenvalue weighted by Gasteiger charge is -2.29. The topological polar surface area (TPSA) is 29.3 Å². The quantitative estimate of drug-likeness (QED) is 0.853. The normalized spacial score (nSPS) is 15.1. The van der Waals surface area contributed by atoms with Gasteiger partial charge in [0, 0.05) is 31.4 Å². The van der Waals surface area contributed by atoms with E-state index in [1.807, 2.05) is 12.1 Å². The van der Waals surface area contributed by atoms with Gasteiger partial charge < -0.3 is 5.73 Å². The summed E-state index contributed by atoms with van der Waals surface area (Å²) in [6, 6.07) is 9.59. The van der Waals surface area contributed by atoms with Gasteiger partial charge in [0.2, 0.25) is 0 Å². The van der Waals surface area contributed by atoms with Crippen molar-refractivity contribution in [3.8, 4) is 0 Å². The predicted molar refractivity (Wildman–Crippen MR) is 75.0 cm³/mol. The first-order chi connectivity index (χ1) is 9.61. The fourth-order valence-electron chi connectivity index (χ4n) is 2.79. The molecule has 20 heavy (non-hydrogen) atoms. The van der Waals surface area contributed by atoms with Crippen molar-refractivity contribution >= 4 is 5.69 Å². The lowest BCUT2D eigenvalue weighted by Crippen LogP contribution is -2.30. The second kappa shape index (κ2) is 5.21. The molecule has 0 atom stereocenters. The highest BCUT2D eigenvalue weighted by atomic mass is 19.1. The number of hydrogen-bond acceptors (Lipinski definition) is 2. The van der Waals surface area contributed by atoms with E-state index in [0.29, 0.717) is 12.1 Å². The van der Waals surface area contributed by atoms with Gasteiger partial charge in [-0.25, -0.2) is 8.78 Å². The van der Waals surface area contributed by atoms with Crippen LogP contribution < -0.4 is 5.73 Å². The second-order valence-electron chi connectivity index (χ2n) is 5.22. The molecule has 0 fully saturated rings. The van der Waals surface area contributed by atoms with Crippen molar-refractivity contribution in [3.05, 3.63) is 64.7 Å². The fourth-order valence-corrected chi connectivity index (χ4v) is 2.79. The molecular formula is C16H16F2N2. The van der Waals surface area contributed by atoms with Crippen molar-refractivity contribution in [3.63, 3.8) is 0 Å². The minimum absolute atomic E-state index is 0.526. The Morgan fingerprint density at radius 1 is 1.10 bits per heavy atom. The summed E-state index contributed by atoms with van der Waals surface area (Å²) in [4.78, 5) is 2.18. The smallest absolute Gasteiger partial charge is 0.126 e. The molecule has 0 bridgehead atoms. The Bertz CT molecular complexity index is 620. The molecule has 2 aromatic rings. The molecule has 0 radical (unpaired) electrons. The number of fused-ring (bicyclic) bond motifs is 1. The molecule has 2 nitrogen and oxygen atoms in total. The molecule has 104 valence electrons. The van der Waals surface area contributed by atoms with Crippen LogP contribution in [0.3, 0.4) is 0 Å². The first kappa shape index (κ1) is 13.1. The maximum atomic E-state index is 13.2. The standard InChI is InChI=1S/C16H16F2N2/c17-13-6-11(7-14(18)8-13)9-20-5-4-15-12(10-20)2-1-3-16(15)19/h1-3,6-8H,4-5,9-10,19H2. The van der Waals surface area contributed by atoms with Gasteiger partial charge in [-0.1, -0.05) is 12.1 Å². The lowest BCUT2D eigenvalue weighted by atomic mass is 9.97. The largest absolute Gasteiger partial charge is 0.398 e. The number of anilines is 1. The van der Waals surface area contributed by atoms with Crippen LogP contribution in [0.1, 0.15) is 16.7 Å². The van der Waals surface area contributed by atoms with E-state index in [9.17, 15) is 8.78 Å². The first-order valence-corrected chi connectivity index (χ1v) is 6.65. The Morgan fingerprint density at radius 3 is 2.60 bits per heavy atom. The number of halogens is 2. The molecule has 1 heterocycles. The zero-order valence-corrected chi connectivity index (χ0v) is 11.1. The third kappa shape index (κ3) is 2.65. The summed E-state index contributed by atoms with van der Waals surface area (Å²) in [6.45, 7) is 2.15. The number of hydrogen-bond donors (Lipinski definition) is 1. The molecule has 0 saturated heterocycles. The Balaban J connectivity index is 1.77. The maximum Gasteiger partial charge on any atom is 0.126 e. The number of nitrogens with two attached hydrogens (primary N) is 1. The summed E-state index contributed by atoms with van der Waals surface area (Å²) < 4.78 is 26.4. The third-order valence-electron chi connectivity index (χ3n) is 3.71. The van der Waals surface area contributed by atoms with Crippen LogP contribution >= 0.6 is 0 Å². The van der Waals surface area contributed by atoms with Gasteiger partial charge in [0.05, 0.1) is 0 Å². The van der Waals surface area contributed by atoms with Gasteiger partial charge in [0.25, 0.3) is 0 Å². The van der Waals surface area contributed by atoms with Crippen LogP contribution in [0.2, 0.25) is 0 Å². The van der Waals surface area contributed by atoms with Crippen molar-refractivity contribution < 1.29 is 8.78 Å². The number of nitrogen functional groups attached to an aromatic ring is 1.